The molecule has 0 saturated carbocycles. The Hall–Kier alpha value is -4.15. The van der Waals surface area contributed by atoms with Gasteiger partial charge < -0.3 is 19.1 Å². The molecule has 4 aromatic heterocycles. The van der Waals surface area contributed by atoms with Crippen molar-refractivity contribution >= 4 is 11.6 Å². The van der Waals surface area contributed by atoms with Gasteiger partial charge in [0.25, 0.3) is 0 Å². The van der Waals surface area contributed by atoms with Gasteiger partial charge in [-0.05, 0) is 52.8 Å². The first kappa shape index (κ1) is 25.5. The van der Waals surface area contributed by atoms with Crippen molar-refractivity contribution in [2.45, 2.75) is 59.4 Å². The zero-order valence-electron chi connectivity index (χ0n) is 22.4. The van der Waals surface area contributed by atoms with E-state index < -0.39 is 17.5 Å². The van der Waals surface area contributed by atoms with Gasteiger partial charge in [0.05, 0.1) is 49.7 Å². The molecule has 0 saturated heterocycles. The fourth-order valence-electron chi connectivity index (χ4n) is 4.51. The van der Waals surface area contributed by atoms with E-state index in [2.05, 4.69) is 10.1 Å². The van der Waals surface area contributed by atoms with E-state index in [1.807, 2.05) is 51.6 Å². The SMILES string of the molecule is COc1cnn2cc(-c3nn4c(c3C)CN(C(=O)OC(C)(C)C)CC4)cc(OC(C)c3ccc(F)cn3)c12. The molecule has 1 amide bonds. The summed E-state index contributed by atoms with van der Waals surface area (Å²) in [5, 5.41) is 9.32. The number of aromatic nitrogens is 5. The van der Waals surface area contributed by atoms with E-state index in [1.165, 1.54) is 12.3 Å². The Bertz CT molecular complexity index is 1490. The molecule has 0 N–H and O–H groups in total. The smallest absolute Gasteiger partial charge is 0.410 e. The van der Waals surface area contributed by atoms with E-state index in [0.29, 0.717) is 42.3 Å². The maximum Gasteiger partial charge on any atom is 0.410 e. The minimum absolute atomic E-state index is 0.338. The number of nitrogens with zero attached hydrogens (tertiary/aromatic N) is 6. The molecule has 5 rings (SSSR count). The van der Waals surface area contributed by atoms with Crippen LogP contribution in [0.2, 0.25) is 0 Å². The topological polar surface area (TPSA) is 96.0 Å². The Morgan fingerprint density at radius 3 is 2.63 bits per heavy atom. The second-order valence-electron chi connectivity index (χ2n) is 10.3. The average molecular weight is 523 g/mol. The standard InChI is InChI=1S/C27H31FN6O4/c1-16-21-15-32(26(35)38-27(3,4)5)9-10-33(21)31-24(16)18-11-22(25-23(36-6)13-30-34(25)14-18)37-17(2)20-8-7-19(28)12-29-20/h7-8,11-14,17H,9-10,15H2,1-6H3. The number of pyridine rings is 2. The molecule has 0 spiro atoms. The maximum absolute atomic E-state index is 13.4. The second-order valence-corrected chi connectivity index (χ2v) is 10.3. The highest BCUT2D eigenvalue weighted by Gasteiger charge is 2.29. The van der Waals surface area contributed by atoms with Crippen molar-refractivity contribution in [3.05, 3.63) is 59.6 Å². The van der Waals surface area contributed by atoms with Gasteiger partial charge in [-0.25, -0.2) is 13.7 Å². The summed E-state index contributed by atoms with van der Waals surface area (Å²) in [6.45, 7) is 10.9. The third kappa shape index (κ3) is 4.88. The number of hydrogen-bond acceptors (Lipinski definition) is 7. The lowest BCUT2D eigenvalue weighted by molar-refractivity contribution is 0.0194. The van der Waals surface area contributed by atoms with Gasteiger partial charge in [-0.1, -0.05) is 0 Å². The molecule has 1 atom stereocenters. The minimum atomic E-state index is -0.563. The number of rotatable bonds is 5. The van der Waals surface area contributed by atoms with Crippen LogP contribution in [-0.4, -0.2) is 54.6 Å². The molecule has 38 heavy (non-hydrogen) atoms. The summed E-state index contributed by atoms with van der Waals surface area (Å²) in [6, 6.07) is 4.85. The molecule has 1 aliphatic rings. The predicted molar refractivity (Wildman–Crippen MR) is 138 cm³/mol. The van der Waals surface area contributed by atoms with Crippen molar-refractivity contribution in [3.63, 3.8) is 0 Å². The fraction of sp³-hybridized carbons (Fsp3) is 0.407. The van der Waals surface area contributed by atoms with Gasteiger partial charge in [0, 0.05) is 23.9 Å². The van der Waals surface area contributed by atoms with E-state index in [9.17, 15) is 9.18 Å². The molecule has 1 unspecified atom stereocenters. The molecule has 11 heteroatoms. The predicted octanol–water partition coefficient (Wildman–Crippen LogP) is 4.94. The van der Waals surface area contributed by atoms with E-state index in [-0.39, 0.29) is 6.09 Å². The number of amides is 1. The van der Waals surface area contributed by atoms with E-state index >= 15 is 0 Å². The Labute approximate surface area is 219 Å². The maximum atomic E-state index is 13.4. The Balaban J connectivity index is 1.50. The Kier molecular flexibility index (Phi) is 6.46. The first-order valence-corrected chi connectivity index (χ1v) is 12.4. The van der Waals surface area contributed by atoms with Crippen molar-refractivity contribution in [2.24, 2.45) is 0 Å². The van der Waals surface area contributed by atoms with Crippen LogP contribution < -0.4 is 9.47 Å². The number of halogens is 1. The summed E-state index contributed by atoms with van der Waals surface area (Å²) in [6.07, 6.45) is 3.86. The van der Waals surface area contributed by atoms with Gasteiger partial charge in [-0.2, -0.15) is 10.2 Å². The number of fused-ring (bicyclic) bond motifs is 2. The van der Waals surface area contributed by atoms with Crippen molar-refractivity contribution in [1.29, 1.82) is 0 Å². The molecule has 1 aliphatic heterocycles. The molecular formula is C27H31FN6O4. The number of ether oxygens (including phenoxy) is 3. The molecule has 0 radical (unpaired) electrons. The quantitative estimate of drug-likeness (QED) is 0.366. The normalized spacial score (nSPS) is 14.3. The molecule has 10 nitrogen and oxygen atoms in total. The van der Waals surface area contributed by atoms with Crippen molar-refractivity contribution in [3.8, 4) is 22.8 Å². The molecule has 200 valence electrons. The van der Waals surface area contributed by atoms with Crippen LogP contribution in [0.5, 0.6) is 11.5 Å². The Morgan fingerprint density at radius 1 is 1.16 bits per heavy atom. The van der Waals surface area contributed by atoms with E-state index in [4.69, 9.17) is 19.3 Å². The molecule has 0 fully saturated rings. The van der Waals surface area contributed by atoms with Crippen LogP contribution in [0.4, 0.5) is 9.18 Å². The zero-order valence-corrected chi connectivity index (χ0v) is 22.4. The highest BCUT2D eigenvalue weighted by Crippen LogP contribution is 2.37. The number of carbonyl (C=O) groups is 1. The zero-order chi connectivity index (χ0) is 27.2. The number of carbonyl (C=O) groups excluding carboxylic acids is 1. The van der Waals surface area contributed by atoms with Gasteiger partial charge in [0.15, 0.2) is 17.0 Å². The van der Waals surface area contributed by atoms with Crippen LogP contribution in [0.1, 0.15) is 50.8 Å². The third-order valence-corrected chi connectivity index (χ3v) is 6.40. The summed E-state index contributed by atoms with van der Waals surface area (Å²) < 4.78 is 34.4. The third-order valence-electron chi connectivity index (χ3n) is 6.40. The van der Waals surface area contributed by atoms with Crippen molar-refractivity contribution in [1.82, 2.24) is 29.3 Å². The van der Waals surface area contributed by atoms with Crippen LogP contribution >= 0.6 is 0 Å². The lowest BCUT2D eigenvalue weighted by atomic mass is 10.1. The molecule has 0 bridgehead atoms. The Morgan fingerprint density at radius 2 is 1.95 bits per heavy atom. The summed E-state index contributed by atoms with van der Waals surface area (Å²) in [4.78, 5) is 18.5. The molecule has 4 aromatic rings. The number of hydrogen-bond donors (Lipinski definition) is 0. The van der Waals surface area contributed by atoms with Crippen LogP contribution in [0.15, 0.2) is 36.8 Å². The first-order chi connectivity index (χ1) is 18.0. The van der Waals surface area contributed by atoms with E-state index in [0.717, 1.165) is 22.5 Å². The minimum Gasteiger partial charge on any atom is -0.493 e. The fourth-order valence-corrected chi connectivity index (χ4v) is 4.51. The van der Waals surface area contributed by atoms with Crippen LogP contribution in [0.25, 0.3) is 16.8 Å². The highest BCUT2D eigenvalue weighted by molar-refractivity contribution is 5.76. The van der Waals surface area contributed by atoms with E-state index in [1.54, 1.807) is 28.8 Å². The first-order valence-electron chi connectivity index (χ1n) is 12.4. The highest BCUT2D eigenvalue weighted by atomic mass is 19.1. The van der Waals surface area contributed by atoms with Crippen LogP contribution in [0.3, 0.4) is 0 Å². The molecule has 0 aromatic carbocycles. The summed E-state index contributed by atoms with van der Waals surface area (Å²) in [5.74, 6) is 0.670. The molecule has 5 heterocycles. The average Bonchev–Trinajstić information content (AvgIpc) is 3.44. The largest absolute Gasteiger partial charge is 0.493 e. The monoisotopic (exact) mass is 522 g/mol. The van der Waals surface area contributed by atoms with Gasteiger partial charge in [-0.3, -0.25) is 9.67 Å². The van der Waals surface area contributed by atoms with Crippen molar-refractivity contribution < 1.29 is 23.4 Å². The summed E-state index contributed by atoms with van der Waals surface area (Å²) >= 11 is 0. The summed E-state index contributed by atoms with van der Waals surface area (Å²) in [7, 11) is 1.57. The molecule has 0 aliphatic carbocycles. The van der Waals surface area contributed by atoms with Gasteiger partial charge in [-0.15, -0.1) is 0 Å². The lowest BCUT2D eigenvalue weighted by Crippen LogP contribution is -2.41. The van der Waals surface area contributed by atoms with Crippen LogP contribution in [-0.2, 0) is 17.8 Å². The molecular weight excluding hydrogens is 491 g/mol. The lowest BCUT2D eigenvalue weighted by Gasteiger charge is -2.30. The summed E-state index contributed by atoms with van der Waals surface area (Å²) in [5.41, 5.74) is 4.14. The van der Waals surface area contributed by atoms with Crippen LogP contribution in [0, 0.1) is 12.7 Å². The number of methoxy groups -OCH3 is 1. The second kappa shape index (κ2) is 9.62. The van der Waals surface area contributed by atoms with Gasteiger partial charge >= 0.3 is 6.09 Å². The van der Waals surface area contributed by atoms with Gasteiger partial charge in [0.1, 0.15) is 17.5 Å². The van der Waals surface area contributed by atoms with Crippen molar-refractivity contribution in [2.75, 3.05) is 13.7 Å². The van der Waals surface area contributed by atoms with Gasteiger partial charge in [0.2, 0.25) is 0 Å².